The van der Waals surface area contributed by atoms with Crippen LogP contribution in [0.3, 0.4) is 0 Å². The van der Waals surface area contributed by atoms with Gasteiger partial charge in [0.15, 0.2) is 0 Å². The number of carbonyl (C=O) groups is 1. The lowest BCUT2D eigenvalue weighted by atomic mass is 10.0. The van der Waals surface area contributed by atoms with Crippen molar-refractivity contribution in [2.24, 2.45) is 0 Å². The van der Waals surface area contributed by atoms with E-state index in [-0.39, 0.29) is 17.0 Å². The van der Waals surface area contributed by atoms with Crippen LogP contribution >= 0.6 is 11.6 Å². The largest absolute Gasteiger partial charge is 0.508 e. The van der Waals surface area contributed by atoms with E-state index in [0.717, 1.165) is 12.1 Å². The molecule has 7 nitrogen and oxygen atoms in total. The van der Waals surface area contributed by atoms with Gasteiger partial charge in [0.2, 0.25) is 0 Å². The minimum absolute atomic E-state index is 0.0968. The van der Waals surface area contributed by atoms with Crippen LogP contribution in [-0.2, 0) is 0 Å². The highest BCUT2D eigenvalue weighted by atomic mass is 35.5. The Kier molecular flexibility index (Phi) is 6.90. The number of hydrogen-bond acceptors (Lipinski definition) is 6. The molecule has 1 atom stereocenters. The van der Waals surface area contributed by atoms with Crippen molar-refractivity contribution in [2.45, 2.75) is 13.0 Å². The number of hydrogen-bond donors (Lipinski definition) is 3. The lowest BCUT2D eigenvalue weighted by Crippen LogP contribution is -2.31. The van der Waals surface area contributed by atoms with Crippen molar-refractivity contribution in [2.75, 3.05) is 5.73 Å². The van der Waals surface area contributed by atoms with Gasteiger partial charge in [0.05, 0.1) is 10.7 Å². The molecule has 0 aliphatic heterocycles. The number of aryl methyl sites for hydroxylation is 1. The molecule has 3 aromatic heterocycles. The van der Waals surface area contributed by atoms with Crippen LogP contribution in [0.2, 0.25) is 5.02 Å². The number of phenols is 1. The molecule has 3 heterocycles. The number of rotatable bonds is 4. The predicted molar refractivity (Wildman–Crippen MR) is 130 cm³/mol. The number of nitrogen functional groups attached to an aromatic ring is 1. The molecule has 9 heteroatoms. The van der Waals surface area contributed by atoms with Gasteiger partial charge in [-0.2, -0.15) is 0 Å². The third-order valence-electron chi connectivity index (χ3n) is 4.95. The Balaban J connectivity index is 1.67. The molecule has 4 N–H and O–H groups in total. The second-order valence-corrected chi connectivity index (χ2v) is 8.05. The van der Waals surface area contributed by atoms with E-state index in [2.05, 4.69) is 32.1 Å². The second kappa shape index (κ2) is 10.2. The molecule has 0 bridgehead atoms. The van der Waals surface area contributed by atoms with Crippen LogP contribution in [0.15, 0.2) is 67.0 Å². The lowest BCUT2D eigenvalue weighted by Gasteiger charge is -2.20. The molecule has 1 amide bonds. The van der Waals surface area contributed by atoms with Gasteiger partial charge in [-0.25, -0.2) is 14.4 Å². The summed E-state index contributed by atoms with van der Waals surface area (Å²) in [6.07, 6.45) is 2.95. The Morgan fingerprint density at radius 1 is 1.06 bits per heavy atom. The number of aromatic hydroxyl groups is 1. The van der Waals surface area contributed by atoms with Crippen molar-refractivity contribution in [3.05, 3.63) is 112 Å². The highest BCUT2D eigenvalue weighted by Gasteiger charge is 2.23. The summed E-state index contributed by atoms with van der Waals surface area (Å²) >= 11 is 5.94. The molecule has 0 saturated heterocycles. The standard InChI is InChI=1S/C26H19ClFN5O2/c1-15-10-17(3-2-16-4-9-24(29)31-13-16)11-22(32-15)26(35)33-25(21-7-5-18(27)14-30-21)20-12-19(28)6-8-23(20)34/h4-14,25,34H,1H3,(H2,29,31)(H,33,35). The fourth-order valence-electron chi connectivity index (χ4n) is 3.31. The van der Waals surface area contributed by atoms with Crippen LogP contribution in [0.5, 0.6) is 5.75 Å². The summed E-state index contributed by atoms with van der Waals surface area (Å²) in [6, 6.07) is 12.3. The van der Waals surface area contributed by atoms with Crippen LogP contribution in [0.1, 0.15) is 44.6 Å². The first kappa shape index (κ1) is 23.7. The van der Waals surface area contributed by atoms with E-state index in [1.807, 2.05) is 0 Å². The first-order valence-electron chi connectivity index (χ1n) is 10.4. The predicted octanol–water partition coefficient (Wildman–Crippen LogP) is 4.18. The minimum atomic E-state index is -0.965. The van der Waals surface area contributed by atoms with Gasteiger partial charge in [0, 0.05) is 34.8 Å². The number of benzene rings is 1. The van der Waals surface area contributed by atoms with Gasteiger partial charge in [-0.15, -0.1) is 0 Å². The molecule has 0 fully saturated rings. The van der Waals surface area contributed by atoms with Gasteiger partial charge >= 0.3 is 0 Å². The van der Waals surface area contributed by atoms with Crippen molar-refractivity contribution in [1.29, 1.82) is 0 Å². The quantitative estimate of drug-likeness (QED) is 0.372. The third-order valence-corrected chi connectivity index (χ3v) is 5.17. The van der Waals surface area contributed by atoms with E-state index < -0.39 is 17.8 Å². The Morgan fingerprint density at radius 2 is 1.86 bits per heavy atom. The molecular formula is C26H19ClFN5O2. The maximum absolute atomic E-state index is 14.0. The molecule has 0 saturated carbocycles. The number of carbonyl (C=O) groups excluding carboxylic acids is 1. The fraction of sp³-hybridized carbons (Fsp3) is 0.0769. The van der Waals surface area contributed by atoms with Crippen LogP contribution in [0, 0.1) is 24.6 Å². The van der Waals surface area contributed by atoms with Gasteiger partial charge < -0.3 is 16.2 Å². The molecule has 0 aliphatic carbocycles. The number of nitrogens with one attached hydrogen (secondary N) is 1. The number of amides is 1. The summed E-state index contributed by atoms with van der Waals surface area (Å²) in [5.41, 5.74) is 7.99. The number of phenolic OH excluding ortho intramolecular Hbond substituents is 1. The number of nitrogens with two attached hydrogens (primary N) is 1. The van der Waals surface area contributed by atoms with Crippen molar-refractivity contribution in [3.8, 4) is 17.6 Å². The highest BCUT2D eigenvalue weighted by Crippen LogP contribution is 2.30. The molecule has 0 aliphatic rings. The van der Waals surface area contributed by atoms with E-state index >= 15 is 0 Å². The monoisotopic (exact) mass is 487 g/mol. The Hall–Kier alpha value is -4.48. The lowest BCUT2D eigenvalue weighted by molar-refractivity contribution is 0.0936. The zero-order valence-electron chi connectivity index (χ0n) is 18.5. The molecule has 1 aromatic carbocycles. The van der Waals surface area contributed by atoms with E-state index in [4.69, 9.17) is 17.3 Å². The van der Waals surface area contributed by atoms with Crippen molar-refractivity contribution < 1.29 is 14.3 Å². The zero-order valence-corrected chi connectivity index (χ0v) is 19.2. The highest BCUT2D eigenvalue weighted by molar-refractivity contribution is 6.30. The fourth-order valence-corrected chi connectivity index (χ4v) is 3.42. The molecule has 0 spiro atoms. The normalized spacial score (nSPS) is 11.3. The summed E-state index contributed by atoms with van der Waals surface area (Å²) in [7, 11) is 0. The Morgan fingerprint density at radius 3 is 2.57 bits per heavy atom. The van der Waals surface area contributed by atoms with Gasteiger partial charge in [0.1, 0.15) is 29.1 Å². The number of nitrogens with zero attached hydrogens (tertiary/aromatic N) is 3. The summed E-state index contributed by atoms with van der Waals surface area (Å²) in [5.74, 6) is 5.02. The van der Waals surface area contributed by atoms with Gasteiger partial charge in [0.25, 0.3) is 5.91 Å². The van der Waals surface area contributed by atoms with E-state index in [9.17, 15) is 14.3 Å². The van der Waals surface area contributed by atoms with E-state index in [1.165, 1.54) is 18.3 Å². The molecule has 4 aromatic rings. The first-order chi connectivity index (χ1) is 16.8. The van der Waals surface area contributed by atoms with Crippen molar-refractivity contribution in [3.63, 3.8) is 0 Å². The van der Waals surface area contributed by atoms with Gasteiger partial charge in [-0.3, -0.25) is 9.78 Å². The SMILES string of the molecule is Cc1cc(C#Cc2ccc(N)nc2)cc(C(=O)NC(c2ccc(Cl)cn2)c2cc(F)ccc2O)n1. The number of aromatic nitrogens is 3. The summed E-state index contributed by atoms with van der Waals surface area (Å²) in [4.78, 5) is 25.8. The van der Waals surface area contributed by atoms with E-state index in [1.54, 1.807) is 43.5 Å². The van der Waals surface area contributed by atoms with Crippen LogP contribution in [0.4, 0.5) is 10.2 Å². The summed E-state index contributed by atoms with van der Waals surface area (Å²) < 4.78 is 14.0. The van der Waals surface area contributed by atoms with E-state index in [0.29, 0.717) is 33.4 Å². The van der Waals surface area contributed by atoms with Crippen molar-refractivity contribution >= 4 is 23.3 Å². The number of anilines is 1. The van der Waals surface area contributed by atoms with Gasteiger partial charge in [-0.05, 0) is 61.5 Å². The third kappa shape index (κ3) is 5.91. The molecule has 0 radical (unpaired) electrons. The average molecular weight is 488 g/mol. The summed E-state index contributed by atoms with van der Waals surface area (Å²) in [5, 5.41) is 13.5. The Labute approximate surface area is 205 Å². The molecule has 174 valence electrons. The second-order valence-electron chi connectivity index (χ2n) is 7.62. The van der Waals surface area contributed by atoms with Crippen molar-refractivity contribution in [1.82, 2.24) is 20.3 Å². The van der Waals surface area contributed by atoms with Crippen LogP contribution in [-0.4, -0.2) is 26.0 Å². The van der Waals surface area contributed by atoms with Crippen LogP contribution < -0.4 is 11.1 Å². The smallest absolute Gasteiger partial charge is 0.270 e. The average Bonchev–Trinajstić information content (AvgIpc) is 2.84. The topological polar surface area (TPSA) is 114 Å². The molecule has 4 rings (SSSR count). The number of halogens is 2. The molecule has 1 unspecified atom stereocenters. The maximum atomic E-state index is 14.0. The zero-order chi connectivity index (χ0) is 24.9. The Bertz CT molecular complexity index is 1450. The maximum Gasteiger partial charge on any atom is 0.270 e. The molecule has 35 heavy (non-hydrogen) atoms. The first-order valence-corrected chi connectivity index (χ1v) is 10.8. The van der Waals surface area contributed by atoms with Crippen LogP contribution in [0.25, 0.3) is 0 Å². The van der Waals surface area contributed by atoms with Gasteiger partial charge in [-0.1, -0.05) is 23.4 Å². The molecular weight excluding hydrogens is 469 g/mol. The minimum Gasteiger partial charge on any atom is -0.508 e. The summed E-state index contributed by atoms with van der Waals surface area (Å²) in [6.45, 7) is 1.74. The number of pyridine rings is 3.